The standard InChI is InChI=1S/C10H7BrClF2NO/c11-5-3-8(16)15(4-5)7-2-1-6(13)10(14)9(7)12/h1-2,5H,3-4H2. The fourth-order valence-corrected chi connectivity index (χ4v) is 2.44. The minimum atomic E-state index is -1.12. The lowest BCUT2D eigenvalue weighted by atomic mass is 10.2. The highest BCUT2D eigenvalue weighted by Gasteiger charge is 2.31. The van der Waals surface area contributed by atoms with Crippen molar-refractivity contribution in [1.29, 1.82) is 0 Å². The summed E-state index contributed by atoms with van der Waals surface area (Å²) >= 11 is 8.97. The van der Waals surface area contributed by atoms with Crippen molar-refractivity contribution in [2.45, 2.75) is 11.2 Å². The van der Waals surface area contributed by atoms with Gasteiger partial charge in [0.15, 0.2) is 11.6 Å². The van der Waals surface area contributed by atoms with Crippen molar-refractivity contribution in [3.05, 3.63) is 28.8 Å². The molecule has 1 fully saturated rings. The Kier molecular flexibility index (Phi) is 3.17. The van der Waals surface area contributed by atoms with Crippen LogP contribution in [-0.4, -0.2) is 17.3 Å². The summed E-state index contributed by atoms with van der Waals surface area (Å²) in [6, 6.07) is 2.27. The number of nitrogens with zero attached hydrogens (tertiary/aromatic N) is 1. The summed E-state index contributed by atoms with van der Waals surface area (Å²) in [6.45, 7) is 0.406. The third-order valence-electron chi connectivity index (χ3n) is 2.38. The molecule has 86 valence electrons. The van der Waals surface area contributed by atoms with Gasteiger partial charge in [-0.25, -0.2) is 8.78 Å². The van der Waals surface area contributed by atoms with Crippen LogP contribution >= 0.6 is 27.5 Å². The van der Waals surface area contributed by atoms with E-state index < -0.39 is 11.6 Å². The minimum Gasteiger partial charge on any atom is -0.310 e. The summed E-state index contributed by atoms with van der Waals surface area (Å²) < 4.78 is 26.1. The zero-order valence-corrected chi connectivity index (χ0v) is 10.4. The molecule has 16 heavy (non-hydrogen) atoms. The molecule has 2 rings (SSSR count). The molecule has 1 atom stereocenters. The Labute approximate surface area is 104 Å². The van der Waals surface area contributed by atoms with E-state index in [2.05, 4.69) is 15.9 Å². The average molecular weight is 311 g/mol. The van der Waals surface area contributed by atoms with Gasteiger partial charge in [0.2, 0.25) is 5.91 Å². The number of carbonyl (C=O) groups excluding carboxylic acids is 1. The Morgan fingerprint density at radius 1 is 1.44 bits per heavy atom. The number of rotatable bonds is 1. The van der Waals surface area contributed by atoms with Gasteiger partial charge in [0.05, 0.1) is 5.69 Å². The highest BCUT2D eigenvalue weighted by atomic mass is 79.9. The molecule has 1 aliphatic rings. The number of hydrogen-bond acceptors (Lipinski definition) is 1. The molecule has 0 aromatic heterocycles. The first kappa shape index (κ1) is 11.8. The second kappa shape index (κ2) is 4.30. The maximum absolute atomic E-state index is 13.2. The fourth-order valence-electron chi connectivity index (χ4n) is 1.62. The lowest BCUT2D eigenvalue weighted by molar-refractivity contribution is -0.117. The van der Waals surface area contributed by atoms with Crippen LogP contribution in [0.4, 0.5) is 14.5 Å². The van der Waals surface area contributed by atoms with Crippen molar-refractivity contribution in [3.8, 4) is 0 Å². The van der Waals surface area contributed by atoms with Crippen molar-refractivity contribution in [3.63, 3.8) is 0 Å². The van der Waals surface area contributed by atoms with Gasteiger partial charge in [-0.3, -0.25) is 4.79 Å². The van der Waals surface area contributed by atoms with Crippen LogP contribution in [0, 0.1) is 11.6 Å². The van der Waals surface area contributed by atoms with Gasteiger partial charge in [0.1, 0.15) is 5.02 Å². The summed E-state index contributed by atoms with van der Waals surface area (Å²) in [5.41, 5.74) is 0.215. The van der Waals surface area contributed by atoms with E-state index in [9.17, 15) is 13.6 Å². The first-order chi connectivity index (χ1) is 7.50. The monoisotopic (exact) mass is 309 g/mol. The van der Waals surface area contributed by atoms with Crippen LogP contribution in [0.3, 0.4) is 0 Å². The van der Waals surface area contributed by atoms with Crippen molar-refractivity contribution >= 4 is 39.1 Å². The number of halogens is 4. The number of alkyl halides is 1. The van der Waals surface area contributed by atoms with Gasteiger partial charge in [-0.2, -0.15) is 0 Å². The molecule has 1 aliphatic heterocycles. The van der Waals surface area contributed by atoms with Crippen molar-refractivity contribution in [2.24, 2.45) is 0 Å². The topological polar surface area (TPSA) is 20.3 Å². The number of amides is 1. The Morgan fingerprint density at radius 2 is 2.12 bits per heavy atom. The molecule has 0 radical (unpaired) electrons. The summed E-state index contributed by atoms with van der Waals surface area (Å²) in [5, 5.41) is -0.352. The summed E-state index contributed by atoms with van der Waals surface area (Å²) in [5.74, 6) is -2.30. The normalized spacial score (nSPS) is 20.6. The summed E-state index contributed by atoms with van der Waals surface area (Å²) in [4.78, 5) is 12.9. The highest BCUT2D eigenvalue weighted by molar-refractivity contribution is 9.09. The van der Waals surface area contributed by atoms with Crippen LogP contribution < -0.4 is 4.90 Å². The molecular formula is C10H7BrClF2NO. The van der Waals surface area contributed by atoms with Crippen LogP contribution in [0.5, 0.6) is 0 Å². The van der Waals surface area contributed by atoms with E-state index in [-0.39, 0.29) is 21.4 Å². The van der Waals surface area contributed by atoms with Crippen molar-refractivity contribution in [2.75, 3.05) is 11.4 Å². The molecule has 0 aliphatic carbocycles. The lowest BCUT2D eigenvalue weighted by Gasteiger charge is -2.17. The SMILES string of the molecule is O=C1CC(Br)CN1c1ccc(F)c(F)c1Cl. The van der Waals surface area contributed by atoms with Crippen LogP contribution in [-0.2, 0) is 4.79 Å². The first-order valence-electron chi connectivity index (χ1n) is 4.58. The zero-order valence-electron chi connectivity index (χ0n) is 8.01. The molecule has 0 bridgehead atoms. The molecule has 1 unspecified atom stereocenters. The second-order valence-corrected chi connectivity index (χ2v) is 5.17. The number of hydrogen-bond donors (Lipinski definition) is 0. The third-order valence-corrected chi connectivity index (χ3v) is 3.36. The second-order valence-electron chi connectivity index (χ2n) is 3.50. The van der Waals surface area contributed by atoms with E-state index in [0.717, 1.165) is 6.07 Å². The number of benzene rings is 1. The van der Waals surface area contributed by atoms with Crippen molar-refractivity contribution in [1.82, 2.24) is 0 Å². The molecular weight excluding hydrogens is 303 g/mol. The zero-order chi connectivity index (χ0) is 11.9. The molecule has 2 nitrogen and oxygen atoms in total. The van der Waals surface area contributed by atoms with Gasteiger partial charge in [0, 0.05) is 17.8 Å². The predicted octanol–water partition coefficient (Wildman–Crippen LogP) is 3.12. The van der Waals surface area contributed by atoms with Crippen LogP contribution in [0.2, 0.25) is 5.02 Å². The number of anilines is 1. The average Bonchev–Trinajstić information content (AvgIpc) is 2.55. The third kappa shape index (κ3) is 1.94. The maximum atomic E-state index is 13.2. The van der Waals surface area contributed by atoms with Gasteiger partial charge in [-0.15, -0.1) is 0 Å². The first-order valence-corrected chi connectivity index (χ1v) is 5.88. The molecule has 0 saturated carbocycles. The van der Waals surface area contributed by atoms with Crippen LogP contribution in [0.15, 0.2) is 12.1 Å². The van der Waals surface area contributed by atoms with Gasteiger partial charge in [-0.05, 0) is 12.1 Å². The van der Waals surface area contributed by atoms with Crippen LogP contribution in [0.1, 0.15) is 6.42 Å². The van der Waals surface area contributed by atoms with E-state index in [1.54, 1.807) is 0 Å². The van der Waals surface area contributed by atoms with E-state index >= 15 is 0 Å². The molecule has 1 amide bonds. The Morgan fingerprint density at radius 3 is 2.69 bits per heavy atom. The Hall–Kier alpha value is -0.680. The predicted molar refractivity (Wildman–Crippen MR) is 61.1 cm³/mol. The number of carbonyl (C=O) groups is 1. The summed E-state index contributed by atoms with van der Waals surface area (Å²) in [7, 11) is 0. The highest BCUT2D eigenvalue weighted by Crippen LogP contribution is 2.33. The van der Waals surface area contributed by atoms with Gasteiger partial charge >= 0.3 is 0 Å². The van der Waals surface area contributed by atoms with Gasteiger partial charge < -0.3 is 4.90 Å². The molecule has 6 heteroatoms. The van der Waals surface area contributed by atoms with E-state index in [1.807, 2.05) is 0 Å². The molecule has 1 aromatic rings. The Balaban J connectivity index is 2.42. The van der Waals surface area contributed by atoms with E-state index in [1.165, 1.54) is 11.0 Å². The minimum absolute atomic E-state index is 0.0178. The summed E-state index contributed by atoms with van der Waals surface area (Å²) in [6.07, 6.45) is 0.329. The molecule has 0 spiro atoms. The molecule has 1 aromatic carbocycles. The quantitative estimate of drug-likeness (QED) is 0.576. The van der Waals surface area contributed by atoms with E-state index in [4.69, 9.17) is 11.6 Å². The van der Waals surface area contributed by atoms with Crippen LogP contribution in [0.25, 0.3) is 0 Å². The molecule has 1 heterocycles. The Bertz CT molecular complexity index is 455. The molecule has 1 saturated heterocycles. The van der Waals surface area contributed by atoms with Crippen molar-refractivity contribution < 1.29 is 13.6 Å². The smallest absolute Gasteiger partial charge is 0.228 e. The molecule has 0 N–H and O–H groups in total. The van der Waals surface area contributed by atoms with Gasteiger partial charge in [0.25, 0.3) is 0 Å². The maximum Gasteiger partial charge on any atom is 0.228 e. The van der Waals surface area contributed by atoms with Gasteiger partial charge in [-0.1, -0.05) is 27.5 Å². The fraction of sp³-hybridized carbons (Fsp3) is 0.300. The lowest BCUT2D eigenvalue weighted by Crippen LogP contribution is -2.25. The van der Waals surface area contributed by atoms with E-state index in [0.29, 0.717) is 13.0 Å². The largest absolute Gasteiger partial charge is 0.310 e.